The molecule has 5 heteroatoms. The number of carbonyl (C=O) groups is 2. The third-order valence-electron chi connectivity index (χ3n) is 4.12. The van der Waals surface area contributed by atoms with E-state index in [-0.39, 0.29) is 5.91 Å². The lowest BCUT2D eigenvalue weighted by atomic mass is 10.0. The molecule has 2 atom stereocenters. The molecule has 2 unspecified atom stereocenters. The van der Waals surface area contributed by atoms with Gasteiger partial charge in [0, 0.05) is 12.1 Å². The summed E-state index contributed by atoms with van der Waals surface area (Å²) in [5.41, 5.74) is 2.63. The Morgan fingerprint density at radius 1 is 1.21 bits per heavy atom. The highest BCUT2D eigenvalue weighted by Crippen LogP contribution is 2.28. The molecule has 0 radical (unpaired) electrons. The second kappa shape index (κ2) is 6.74. The average Bonchev–Trinajstić information content (AvgIpc) is 3.00. The number of aliphatic carboxylic acids is 1. The summed E-state index contributed by atoms with van der Waals surface area (Å²) in [6, 6.07) is 14.9. The number of amides is 1. The van der Waals surface area contributed by atoms with Gasteiger partial charge in [-0.3, -0.25) is 9.59 Å². The number of anilines is 1. The average molecular weight is 325 g/mol. The molecule has 1 heterocycles. The summed E-state index contributed by atoms with van der Waals surface area (Å²) in [6.07, 6.45) is 0.509. The van der Waals surface area contributed by atoms with Gasteiger partial charge in [0.1, 0.15) is 5.75 Å². The first-order valence-corrected chi connectivity index (χ1v) is 7.90. The molecule has 0 saturated carbocycles. The maximum atomic E-state index is 12.3. The third-order valence-corrected chi connectivity index (χ3v) is 4.12. The third kappa shape index (κ3) is 3.56. The Kier molecular flexibility index (Phi) is 4.51. The Bertz CT molecular complexity index is 729. The van der Waals surface area contributed by atoms with Crippen LogP contribution in [-0.4, -0.2) is 23.1 Å². The summed E-state index contributed by atoms with van der Waals surface area (Å²) in [5, 5.41) is 11.8. The molecule has 1 aliphatic rings. The fourth-order valence-electron chi connectivity index (χ4n) is 2.72. The molecule has 24 heavy (non-hydrogen) atoms. The number of hydrogen-bond acceptors (Lipinski definition) is 3. The minimum Gasteiger partial charge on any atom is -0.481 e. The van der Waals surface area contributed by atoms with Gasteiger partial charge in [0.25, 0.3) is 5.91 Å². The standard InChI is InChI=1S/C19H19NO4/c1-12(19(22)23)10-13-6-8-15(9-7-13)20-18(21)17-11-14-4-2-3-5-16(14)24-17/h2-9,12,17H,10-11H2,1H3,(H,20,21)(H,22,23). The maximum Gasteiger partial charge on any atom is 0.306 e. The predicted molar refractivity (Wildman–Crippen MR) is 90.1 cm³/mol. The SMILES string of the molecule is CC(Cc1ccc(NC(=O)C2Cc3ccccc3O2)cc1)C(=O)O. The Balaban J connectivity index is 1.59. The van der Waals surface area contributed by atoms with Crippen molar-refractivity contribution in [1.82, 2.24) is 0 Å². The molecule has 0 aliphatic carbocycles. The van der Waals surface area contributed by atoms with Gasteiger partial charge >= 0.3 is 5.97 Å². The van der Waals surface area contributed by atoms with Crippen LogP contribution in [0.4, 0.5) is 5.69 Å². The normalized spacial score (nSPS) is 16.8. The summed E-state index contributed by atoms with van der Waals surface area (Å²) in [7, 11) is 0. The molecular formula is C19H19NO4. The lowest BCUT2D eigenvalue weighted by Gasteiger charge is -2.12. The minimum absolute atomic E-state index is 0.183. The van der Waals surface area contributed by atoms with Gasteiger partial charge in [-0.25, -0.2) is 0 Å². The minimum atomic E-state index is -0.815. The van der Waals surface area contributed by atoms with Gasteiger partial charge in [0.05, 0.1) is 5.92 Å². The highest BCUT2D eigenvalue weighted by molar-refractivity contribution is 5.95. The number of fused-ring (bicyclic) bond motifs is 1. The van der Waals surface area contributed by atoms with Crippen LogP contribution >= 0.6 is 0 Å². The number of benzene rings is 2. The summed E-state index contributed by atoms with van der Waals surface area (Å²) in [4.78, 5) is 23.2. The topological polar surface area (TPSA) is 75.6 Å². The zero-order valence-corrected chi connectivity index (χ0v) is 13.4. The molecular weight excluding hydrogens is 306 g/mol. The number of para-hydroxylation sites is 1. The van der Waals surface area contributed by atoms with E-state index in [9.17, 15) is 9.59 Å². The number of carboxylic acids is 1. The molecule has 1 aliphatic heterocycles. The molecule has 0 bridgehead atoms. The number of hydrogen-bond donors (Lipinski definition) is 2. The van der Waals surface area contributed by atoms with Crippen molar-refractivity contribution in [2.45, 2.75) is 25.9 Å². The number of carboxylic acid groups (broad SMARTS) is 1. The van der Waals surface area contributed by atoms with E-state index in [4.69, 9.17) is 9.84 Å². The molecule has 2 aromatic rings. The van der Waals surface area contributed by atoms with Crippen LogP contribution in [0.5, 0.6) is 5.75 Å². The lowest BCUT2D eigenvalue weighted by Crippen LogP contribution is -2.31. The van der Waals surface area contributed by atoms with Crippen LogP contribution in [0, 0.1) is 5.92 Å². The molecule has 1 amide bonds. The summed E-state index contributed by atoms with van der Waals surface area (Å²) >= 11 is 0. The number of carbonyl (C=O) groups excluding carboxylic acids is 1. The first-order chi connectivity index (χ1) is 11.5. The lowest BCUT2D eigenvalue weighted by molar-refractivity contribution is -0.141. The Labute approximate surface area is 140 Å². The number of rotatable bonds is 5. The first kappa shape index (κ1) is 16.1. The van der Waals surface area contributed by atoms with Gasteiger partial charge in [-0.15, -0.1) is 0 Å². The first-order valence-electron chi connectivity index (χ1n) is 7.90. The molecule has 124 valence electrons. The van der Waals surface area contributed by atoms with Crippen LogP contribution < -0.4 is 10.1 Å². The van der Waals surface area contributed by atoms with Gasteiger partial charge in [-0.05, 0) is 35.7 Å². The van der Waals surface area contributed by atoms with Gasteiger partial charge < -0.3 is 15.2 Å². The van der Waals surface area contributed by atoms with E-state index in [0.717, 1.165) is 16.9 Å². The molecule has 2 aromatic carbocycles. The molecule has 5 nitrogen and oxygen atoms in total. The fraction of sp³-hybridized carbons (Fsp3) is 0.263. The van der Waals surface area contributed by atoms with E-state index in [0.29, 0.717) is 18.5 Å². The van der Waals surface area contributed by atoms with Crippen LogP contribution in [0.15, 0.2) is 48.5 Å². The van der Waals surface area contributed by atoms with E-state index < -0.39 is 18.0 Å². The Morgan fingerprint density at radius 2 is 1.92 bits per heavy atom. The van der Waals surface area contributed by atoms with E-state index in [2.05, 4.69) is 5.32 Å². The van der Waals surface area contributed by atoms with Crippen molar-refractivity contribution in [2.75, 3.05) is 5.32 Å². The van der Waals surface area contributed by atoms with Gasteiger partial charge in [-0.2, -0.15) is 0 Å². The highest BCUT2D eigenvalue weighted by Gasteiger charge is 2.28. The fourth-order valence-corrected chi connectivity index (χ4v) is 2.72. The second-order valence-electron chi connectivity index (χ2n) is 6.05. The van der Waals surface area contributed by atoms with Crippen LogP contribution in [0.1, 0.15) is 18.1 Å². The molecule has 0 fully saturated rings. The van der Waals surface area contributed by atoms with Crippen LogP contribution in [0.25, 0.3) is 0 Å². The molecule has 3 rings (SSSR count). The molecule has 0 spiro atoms. The van der Waals surface area contributed by atoms with Crippen LogP contribution in [0.2, 0.25) is 0 Å². The second-order valence-corrected chi connectivity index (χ2v) is 6.05. The Morgan fingerprint density at radius 3 is 2.58 bits per heavy atom. The van der Waals surface area contributed by atoms with Crippen molar-refractivity contribution < 1.29 is 19.4 Å². The van der Waals surface area contributed by atoms with E-state index in [1.807, 2.05) is 36.4 Å². The highest BCUT2D eigenvalue weighted by atomic mass is 16.5. The van der Waals surface area contributed by atoms with Crippen molar-refractivity contribution in [2.24, 2.45) is 5.92 Å². The number of nitrogens with one attached hydrogen (secondary N) is 1. The monoisotopic (exact) mass is 325 g/mol. The largest absolute Gasteiger partial charge is 0.481 e. The Hall–Kier alpha value is -2.82. The quantitative estimate of drug-likeness (QED) is 0.886. The zero-order valence-electron chi connectivity index (χ0n) is 13.4. The zero-order chi connectivity index (χ0) is 17.1. The summed E-state index contributed by atoms with van der Waals surface area (Å²) in [5.74, 6) is -0.672. The maximum absolute atomic E-state index is 12.3. The summed E-state index contributed by atoms with van der Waals surface area (Å²) in [6.45, 7) is 1.67. The molecule has 0 saturated heterocycles. The van der Waals surface area contributed by atoms with E-state index in [1.165, 1.54) is 0 Å². The van der Waals surface area contributed by atoms with Crippen molar-refractivity contribution in [1.29, 1.82) is 0 Å². The molecule has 2 N–H and O–H groups in total. The van der Waals surface area contributed by atoms with Crippen LogP contribution in [-0.2, 0) is 22.4 Å². The predicted octanol–water partition coefficient (Wildman–Crippen LogP) is 2.89. The molecule has 0 aromatic heterocycles. The van der Waals surface area contributed by atoms with Crippen molar-refractivity contribution >= 4 is 17.6 Å². The van der Waals surface area contributed by atoms with Gasteiger partial charge in [0.2, 0.25) is 0 Å². The number of ether oxygens (including phenoxy) is 1. The van der Waals surface area contributed by atoms with Crippen LogP contribution in [0.3, 0.4) is 0 Å². The summed E-state index contributed by atoms with van der Waals surface area (Å²) < 4.78 is 5.67. The van der Waals surface area contributed by atoms with Crippen molar-refractivity contribution in [3.63, 3.8) is 0 Å². The van der Waals surface area contributed by atoms with Gasteiger partial charge in [0.15, 0.2) is 6.10 Å². The van der Waals surface area contributed by atoms with Crippen molar-refractivity contribution in [3.8, 4) is 5.75 Å². The van der Waals surface area contributed by atoms with E-state index >= 15 is 0 Å². The van der Waals surface area contributed by atoms with Crippen molar-refractivity contribution in [3.05, 3.63) is 59.7 Å². The van der Waals surface area contributed by atoms with Gasteiger partial charge in [-0.1, -0.05) is 37.3 Å². The smallest absolute Gasteiger partial charge is 0.306 e. The van der Waals surface area contributed by atoms with E-state index in [1.54, 1.807) is 19.1 Å².